The Morgan fingerprint density at radius 2 is 1.68 bits per heavy atom. The molecule has 0 aliphatic carbocycles. The number of sulfonamides is 1. The Hall–Kier alpha value is -2.50. The van der Waals surface area contributed by atoms with Crippen molar-refractivity contribution >= 4 is 50.7 Å². The lowest BCUT2D eigenvalue weighted by molar-refractivity contribution is -0.142. The molecule has 13 heteroatoms. The maximum Gasteiger partial charge on any atom is 0.416 e. The zero-order chi connectivity index (χ0) is 30.5. The molecule has 0 saturated heterocycles. The van der Waals surface area contributed by atoms with Crippen LogP contribution in [0.25, 0.3) is 0 Å². The molecule has 1 atom stereocenters. The summed E-state index contributed by atoms with van der Waals surface area (Å²) in [6.07, 6.45) is -3.63. The van der Waals surface area contributed by atoms with Crippen LogP contribution in [-0.2, 0) is 32.3 Å². The molecule has 2 amide bonds. The standard InChI is InChI=1S/C27H34Cl2F3N3O4S/c1-6-23(25(37)33-26(2,3)4)34(17-18-12-13-21(28)22(29)15-18)24(36)11-8-14-35(40(5,38)39)20-10-7-9-19(16-20)27(30,31)32/h7,9-10,12-13,15-16,23H,6,8,11,14,17H2,1-5H3,(H,33,37). The van der Waals surface area contributed by atoms with Gasteiger partial charge in [0.25, 0.3) is 0 Å². The third-order valence-corrected chi connectivity index (χ3v) is 7.77. The van der Waals surface area contributed by atoms with Crippen LogP contribution < -0.4 is 9.62 Å². The van der Waals surface area contributed by atoms with E-state index < -0.39 is 39.3 Å². The third kappa shape index (κ3) is 9.85. The fraction of sp³-hybridized carbons (Fsp3) is 0.481. The fourth-order valence-electron chi connectivity index (χ4n) is 4.05. The zero-order valence-electron chi connectivity index (χ0n) is 23.0. The van der Waals surface area contributed by atoms with Crippen molar-refractivity contribution in [3.63, 3.8) is 0 Å². The minimum Gasteiger partial charge on any atom is -0.350 e. The van der Waals surface area contributed by atoms with Crippen LogP contribution in [0.4, 0.5) is 18.9 Å². The number of nitrogens with one attached hydrogen (secondary N) is 1. The van der Waals surface area contributed by atoms with E-state index in [1.54, 1.807) is 25.1 Å². The van der Waals surface area contributed by atoms with Crippen molar-refractivity contribution in [3.05, 3.63) is 63.6 Å². The second-order valence-electron chi connectivity index (χ2n) is 10.4. The first-order valence-electron chi connectivity index (χ1n) is 12.5. The van der Waals surface area contributed by atoms with Crippen LogP contribution in [0, 0.1) is 0 Å². The average Bonchev–Trinajstić information content (AvgIpc) is 2.81. The zero-order valence-corrected chi connectivity index (χ0v) is 25.3. The number of rotatable bonds is 11. The van der Waals surface area contributed by atoms with E-state index in [0.29, 0.717) is 17.0 Å². The molecule has 2 rings (SSSR count). The lowest BCUT2D eigenvalue weighted by atomic mass is 10.0. The van der Waals surface area contributed by atoms with E-state index in [1.165, 1.54) is 11.0 Å². The van der Waals surface area contributed by atoms with Crippen LogP contribution in [0.5, 0.6) is 0 Å². The maximum absolute atomic E-state index is 13.5. The summed E-state index contributed by atoms with van der Waals surface area (Å²) in [4.78, 5) is 28.0. The molecule has 0 aliphatic heterocycles. The lowest BCUT2D eigenvalue weighted by Crippen LogP contribution is -2.53. The minimum absolute atomic E-state index is 0.00263. The topological polar surface area (TPSA) is 86.8 Å². The molecule has 0 aromatic heterocycles. The van der Waals surface area contributed by atoms with Gasteiger partial charge < -0.3 is 10.2 Å². The molecule has 2 aromatic carbocycles. The first-order chi connectivity index (χ1) is 18.3. The molecule has 222 valence electrons. The highest BCUT2D eigenvalue weighted by molar-refractivity contribution is 7.92. The predicted octanol–water partition coefficient (Wildman–Crippen LogP) is 6.28. The largest absolute Gasteiger partial charge is 0.416 e. The van der Waals surface area contributed by atoms with Gasteiger partial charge in [-0.1, -0.05) is 42.3 Å². The Morgan fingerprint density at radius 3 is 2.20 bits per heavy atom. The van der Waals surface area contributed by atoms with Crippen LogP contribution >= 0.6 is 23.2 Å². The monoisotopic (exact) mass is 623 g/mol. The number of hydrogen-bond donors (Lipinski definition) is 1. The summed E-state index contributed by atoms with van der Waals surface area (Å²) < 4.78 is 65.4. The van der Waals surface area contributed by atoms with Crippen LogP contribution in [0.2, 0.25) is 10.0 Å². The second-order valence-corrected chi connectivity index (χ2v) is 13.1. The van der Waals surface area contributed by atoms with E-state index in [9.17, 15) is 31.2 Å². The van der Waals surface area contributed by atoms with Crippen LogP contribution in [-0.4, -0.2) is 49.5 Å². The molecule has 0 saturated carbocycles. The van der Waals surface area contributed by atoms with Gasteiger partial charge in [-0.15, -0.1) is 0 Å². The Kier molecular flexibility index (Phi) is 11.3. The fourth-order valence-corrected chi connectivity index (χ4v) is 5.33. The predicted molar refractivity (Wildman–Crippen MR) is 152 cm³/mol. The number of amides is 2. The van der Waals surface area contributed by atoms with Gasteiger partial charge in [0.1, 0.15) is 6.04 Å². The van der Waals surface area contributed by atoms with Gasteiger partial charge in [-0.25, -0.2) is 8.42 Å². The second kappa shape index (κ2) is 13.4. The van der Waals surface area contributed by atoms with Crippen LogP contribution in [0.1, 0.15) is 58.1 Å². The van der Waals surface area contributed by atoms with Crippen molar-refractivity contribution in [2.24, 2.45) is 0 Å². The average molecular weight is 625 g/mol. The molecule has 1 unspecified atom stereocenters. The summed E-state index contributed by atoms with van der Waals surface area (Å²) in [5, 5.41) is 3.50. The quantitative estimate of drug-likeness (QED) is 0.319. The van der Waals surface area contributed by atoms with Crippen molar-refractivity contribution in [1.82, 2.24) is 10.2 Å². The van der Waals surface area contributed by atoms with Gasteiger partial charge in [0.2, 0.25) is 21.8 Å². The van der Waals surface area contributed by atoms with E-state index >= 15 is 0 Å². The highest BCUT2D eigenvalue weighted by Crippen LogP contribution is 2.32. The number of carbonyl (C=O) groups is 2. The summed E-state index contributed by atoms with van der Waals surface area (Å²) in [7, 11) is -3.96. The summed E-state index contributed by atoms with van der Waals surface area (Å²) in [6.45, 7) is 7.01. The molecule has 0 fully saturated rings. The number of halogens is 5. The van der Waals surface area contributed by atoms with Gasteiger partial charge in [-0.3, -0.25) is 13.9 Å². The number of benzene rings is 2. The van der Waals surface area contributed by atoms with E-state index in [4.69, 9.17) is 23.2 Å². The SMILES string of the molecule is CCC(C(=O)NC(C)(C)C)N(Cc1ccc(Cl)c(Cl)c1)C(=O)CCCN(c1cccc(C(F)(F)F)c1)S(C)(=O)=O. The van der Waals surface area contributed by atoms with Crippen molar-refractivity contribution < 1.29 is 31.2 Å². The van der Waals surface area contributed by atoms with Crippen molar-refractivity contribution in [3.8, 4) is 0 Å². The summed E-state index contributed by atoms with van der Waals surface area (Å²) >= 11 is 12.2. The summed E-state index contributed by atoms with van der Waals surface area (Å²) in [5.41, 5.74) is -1.07. The highest BCUT2D eigenvalue weighted by atomic mass is 35.5. The molecule has 7 nitrogen and oxygen atoms in total. The highest BCUT2D eigenvalue weighted by Gasteiger charge is 2.33. The molecule has 0 heterocycles. The molecule has 1 N–H and O–H groups in total. The Bertz CT molecular complexity index is 1310. The molecule has 0 aliphatic rings. The molecule has 0 bridgehead atoms. The normalized spacial score (nSPS) is 13.1. The van der Waals surface area contributed by atoms with Gasteiger partial charge in [0.15, 0.2) is 0 Å². The molecular formula is C27H34Cl2F3N3O4S. The Labute approximate surface area is 243 Å². The van der Waals surface area contributed by atoms with E-state index in [-0.39, 0.29) is 42.5 Å². The maximum atomic E-state index is 13.5. The summed E-state index contributed by atoms with van der Waals surface area (Å²) in [5.74, 6) is -0.787. The molecule has 0 radical (unpaired) electrons. The number of nitrogens with zero attached hydrogens (tertiary/aromatic N) is 2. The first-order valence-corrected chi connectivity index (χ1v) is 15.1. The number of hydrogen-bond acceptors (Lipinski definition) is 4. The van der Waals surface area contributed by atoms with Gasteiger partial charge in [0, 0.05) is 25.0 Å². The number of alkyl halides is 3. The van der Waals surface area contributed by atoms with E-state index in [1.807, 2.05) is 20.8 Å². The lowest BCUT2D eigenvalue weighted by Gasteiger charge is -2.33. The van der Waals surface area contributed by atoms with Gasteiger partial charge in [-0.05, 0) is 69.5 Å². The van der Waals surface area contributed by atoms with Gasteiger partial charge in [-0.2, -0.15) is 13.2 Å². The van der Waals surface area contributed by atoms with Crippen molar-refractivity contribution in [2.45, 2.75) is 71.3 Å². The Balaban J connectivity index is 2.31. The minimum atomic E-state index is -4.65. The van der Waals surface area contributed by atoms with Crippen LogP contribution in [0.3, 0.4) is 0 Å². The Morgan fingerprint density at radius 1 is 1.02 bits per heavy atom. The van der Waals surface area contributed by atoms with Gasteiger partial charge >= 0.3 is 6.18 Å². The van der Waals surface area contributed by atoms with Crippen molar-refractivity contribution in [2.75, 3.05) is 17.1 Å². The molecular weight excluding hydrogens is 590 g/mol. The van der Waals surface area contributed by atoms with Gasteiger partial charge in [0.05, 0.1) is 27.6 Å². The number of carbonyl (C=O) groups excluding carboxylic acids is 2. The molecule has 0 spiro atoms. The molecule has 2 aromatic rings. The van der Waals surface area contributed by atoms with E-state index in [2.05, 4.69) is 5.32 Å². The van der Waals surface area contributed by atoms with Crippen LogP contribution in [0.15, 0.2) is 42.5 Å². The smallest absolute Gasteiger partial charge is 0.350 e. The third-order valence-electron chi connectivity index (χ3n) is 5.83. The summed E-state index contributed by atoms with van der Waals surface area (Å²) in [6, 6.07) is 8.01. The molecule has 40 heavy (non-hydrogen) atoms. The first kappa shape index (κ1) is 33.7. The van der Waals surface area contributed by atoms with Crippen molar-refractivity contribution in [1.29, 1.82) is 0 Å². The van der Waals surface area contributed by atoms with E-state index in [0.717, 1.165) is 28.8 Å². The number of anilines is 1.